The van der Waals surface area contributed by atoms with Crippen LogP contribution in [0, 0.1) is 5.92 Å². The maximum Gasteiger partial charge on any atom is 0.261 e. The lowest BCUT2D eigenvalue weighted by atomic mass is 10.1. The molecule has 0 aromatic heterocycles. The van der Waals surface area contributed by atoms with Crippen LogP contribution in [0.5, 0.6) is 0 Å². The first-order chi connectivity index (χ1) is 5.72. The second-order valence-corrected chi connectivity index (χ2v) is 3.43. The lowest BCUT2D eigenvalue weighted by molar-refractivity contribution is -0.0224. The average Bonchev–Trinajstić information content (AvgIpc) is 2.48. The smallest absolute Gasteiger partial charge is 0.261 e. The predicted molar refractivity (Wildman–Crippen MR) is 43.4 cm³/mol. The van der Waals surface area contributed by atoms with Gasteiger partial charge in [0.2, 0.25) is 0 Å². The first kappa shape index (κ1) is 9.90. The van der Waals surface area contributed by atoms with E-state index < -0.39 is 6.43 Å². The minimum Gasteiger partial charge on any atom is -0.372 e. The quantitative estimate of drug-likeness (QED) is 0.643. The highest BCUT2D eigenvalue weighted by atomic mass is 19.3. The molecule has 0 saturated heterocycles. The molecular formula is C9H16F2O. The van der Waals surface area contributed by atoms with Crippen molar-refractivity contribution >= 4 is 0 Å². The van der Waals surface area contributed by atoms with E-state index in [1.54, 1.807) is 0 Å². The topological polar surface area (TPSA) is 9.23 Å². The Bertz CT molecular complexity index is 128. The summed E-state index contributed by atoms with van der Waals surface area (Å²) in [5.41, 5.74) is 0. The fourth-order valence-electron chi connectivity index (χ4n) is 1.76. The third-order valence-corrected chi connectivity index (χ3v) is 2.53. The summed E-state index contributed by atoms with van der Waals surface area (Å²) >= 11 is 0. The Kier molecular flexibility index (Phi) is 3.92. The number of rotatable bonds is 4. The summed E-state index contributed by atoms with van der Waals surface area (Å²) in [7, 11) is 0. The van der Waals surface area contributed by atoms with E-state index in [2.05, 4.69) is 6.92 Å². The molecule has 12 heavy (non-hydrogen) atoms. The lowest BCUT2D eigenvalue weighted by Gasteiger charge is -2.10. The van der Waals surface area contributed by atoms with Crippen molar-refractivity contribution in [3.05, 3.63) is 0 Å². The van der Waals surface area contributed by atoms with Gasteiger partial charge in [-0.05, 0) is 25.2 Å². The van der Waals surface area contributed by atoms with Crippen LogP contribution in [0.3, 0.4) is 0 Å². The number of alkyl halides is 2. The van der Waals surface area contributed by atoms with Gasteiger partial charge in [0, 0.05) is 0 Å². The van der Waals surface area contributed by atoms with E-state index in [1.807, 2.05) is 0 Å². The van der Waals surface area contributed by atoms with Gasteiger partial charge < -0.3 is 4.74 Å². The van der Waals surface area contributed by atoms with Crippen LogP contribution in [0.25, 0.3) is 0 Å². The van der Waals surface area contributed by atoms with Gasteiger partial charge in [-0.3, -0.25) is 0 Å². The Morgan fingerprint density at radius 2 is 2.17 bits per heavy atom. The Labute approximate surface area is 72.1 Å². The van der Waals surface area contributed by atoms with Gasteiger partial charge in [-0.2, -0.15) is 0 Å². The van der Waals surface area contributed by atoms with Crippen LogP contribution in [-0.4, -0.2) is 19.1 Å². The van der Waals surface area contributed by atoms with Crippen molar-refractivity contribution in [3.63, 3.8) is 0 Å². The first-order valence-electron chi connectivity index (χ1n) is 4.62. The molecule has 1 rings (SSSR count). The molecule has 0 aliphatic heterocycles. The maximum absolute atomic E-state index is 11.7. The normalized spacial score (nSPS) is 30.0. The minimum absolute atomic E-state index is 0.101. The molecule has 0 spiro atoms. The molecule has 0 radical (unpaired) electrons. The molecule has 0 aromatic rings. The fourth-order valence-corrected chi connectivity index (χ4v) is 1.76. The molecule has 0 aromatic carbocycles. The van der Waals surface area contributed by atoms with Gasteiger partial charge in [0.25, 0.3) is 6.43 Å². The van der Waals surface area contributed by atoms with Crippen molar-refractivity contribution in [1.82, 2.24) is 0 Å². The first-order valence-corrected chi connectivity index (χ1v) is 4.62. The van der Waals surface area contributed by atoms with Crippen LogP contribution in [0.4, 0.5) is 8.78 Å². The molecule has 0 N–H and O–H groups in total. The molecule has 2 atom stereocenters. The van der Waals surface area contributed by atoms with E-state index in [1.165, 1.54) is 0 Å². The molecule has 1 nitrogen and oxygen atoms in total. The van der Waals surface area contributed by atoms with E-state index >= 15 is 0 Å². The van der Waals surface area contributed by atoms with Crippen molar-refractivity contribution in [2.24, 2.45) is 5.92 Å². The van der Waals surface area contributed by atoms with Crippen LogP contribution in [0.1, 0.15) is 32.6 Å². The zero-order chi connectivity index (χ0) is 8.97. The van der Waals surface area contributed by atoms with Crippen LogP contribution in [0.2, 0.25) is 0 Å². The summed E-state index contributed by atoms with van der Waals surface area (Å²) in [4.78, 5) is 0. The monoisotopic (exact) mass is 178 g/mol. The number of hydrogen-bond acceptors (Lipinski definition) is 1. The molecule has 1 fully saturated rings. The maximum atomic E-state index is 11.7. The SMILES string of the molecule is CCC1CCC(OCC(F)F)C1. The molecule has 0 amide bonds. The molecule has 0 bridgehead atoms. The standard InChI is InChI=1S/C9H16F2O/c1-2-7-3-4-8(5-7)12-6-9(10)11/h7-9H,2-6H2,1H3. The van der Waals surface area contributed by atoms with Crippen LogP contribution < -0.4 is 0 Å². The minimum atomic E-state index is -2.31. The molecule has 3 heteroatoms. The van der Waals surface area contributed by atoms with Gasteiger partial charge in [0.05, 0.1) is 6.10 Å². The van der Waals surface area contributed by atoms with Gasteiger partial charge in [0.1, 0.15) is 6.61 Å². The van der Waals surface area contributed by atoms with Crippen molar-refractivity contribution in [1.29, 1.82) is 0 Å². The average molecular weight is 178 g/mol. The fraction of sp³-hybridized carbons (Fsp3) is 1.00. The highest BCUT2D eigenvalue weighted by Gasteiger charge is 2.24. The van der Waals surface area contributed by atoms with Gasteiger partial charge in [-0.15, -0.1) is 0 Å². The van der Waals surface area contributed by atoms with Crippen LogP contribution in [-0.2, 0) is 4.74 Å². The second kappa shape index (κ2) is 4.75. The predicted octanol–water partition coefficient (Wildman–Crippen LogP) is 2.85. The van der Waals surface area contributed by atoms with Gasteiger partial charge in [-0.25, -0.2) is 8.78 Å². The van der Waals surface area contributed by atoms with Crippen molar-refractivity contribution in [2.75, 3.05) is 6.61 Å². The van der Waals surface area contributed by atoms with Crippen LogP contribution >= 0.6 is 0 Å². The van der Waals surface area contributed by atoms with E-state index in [0.717, 1.165) is 25.7 Å². The van der Waals surface area contributed by atoms with Crippen molar-refractivity contribution in [2.45, 2.75) is 45.1 Å². The summed E-state index contributed by atoms with van der Waals surface area (Å²) in [6, 6.07) is 0. The number of halogens is 2. The zero-order valence-corrected chi connectivity index (χ0v) is 7.43. The van der Waals surface area contributed by atoms with Gasteiger partial charge >= 0.3 is 0 Å². The van der Waals surface area contributed by atoms with E-state index in [0.29, 0.717) is 5.92 Å². The van der Waals surface area contributed by atoms with Crippen LogP contribution in [0.15, 0.2) is 0 Å². The Hall–Kier alpha value is -0.180. The lowest BCUT2D eigenvalue weighted by Crippen LogP contribution is -2.14. The second-order valence-electron chi connectivity index (χ2n) is 3.43. The highest BCUT2D eigenvalue weighted by Crippen LogP contribution is 2.29. The summed E-state index contributed by atoms with van der Waals surface area (Å²) in [6.07, 6.45) is 2.02. The summed E-state index contributed by atoms with van der Waals surface area (Å²) in [5, 5.41) is 0. The molecule has 2 unspecified atom stereocenters. The highest BCUT2D eigenvalue weighted by molar-refractivity contribution is 4.74. The largest absolute Gasteiger partial charge is 0.372 e. The molecule has 1 aliphatic rings. The number of hydrogen-bond donors (Lipinski definition) is 0. The summed E-state index contributed by atoms with van der Waals surface area (Å²) in [6.45, 7) is 1.75. The molecule has 1 saturated carbocycles. The van der Waals surface area contributed by atoms with Crippen molar-refractivity contribution in [3.8, 4) is 0 Å². The van der Waals surface area contributed by atoms with E-state index in [-0.39, 0.29) is 12.7 Å². The molecule has 1 aliphatic carbocycles. The Balaban J connectivity index is 2.11. The van der Waals surface area contributed by atoms with Crippen molar-refractivity contribution < 1.29 is 13.5 Å². The third-order valence-electron chi connectivity index (χ3n) is 2.53. The third kappa shape index (κ3) is 3.05. The van der Waals surface area contributed by atoms with Gasteiger partial charge in [0.15, 0.2) is 0 Å². The van der Waals surface area contributed by atoms with Gasteiger partial charge in [-0.1, -0.05) is 13.3 Å². The Morgan fingerprint density at radius 1 is 1.42 bits per heavy atom. The molecule has 0 heterocycles. The summed E-state index contributed by atoms with van der Waals surface area (Å²) in [5.74, 6) is 0.702. The number of ether oxygens (including phenoxy) is 1. The zero-order valence-electron chi connectivity index (χ0n) is 7.43. The molecular weight excluding hydrogens is 162 g/mol. The molecule has 72 valence electrons. The van der Waals surface area contributed by atoms with E-state index in [9.17, 15) is 8.78 Å². The summed E-state index contributed by atoms with van der Waals surface area (Å²) < 4.78 is 28.5. The van der Waals surface area contributed by atoms with E-state index in [4.69, 9.17) is 4.74 Å². The Morgan fingerprint density at radius 3 is 2.67 bits per heavy atom.